The Morgan fingerprint density at radius 1 is 1.35 bits per heavy atom. The molecule has 1 aromatic rings. The molecule has 3 rings (SSSR count). The van der Waals surface area contributed by atoms with Crippen LogP contribution in [0.3, 0.4) is 0 Å². The SMILES string of the molecule is c1cc(CN2CCC(CNC3CC3)C2)ncn1. The van der Waals surface area contributed by atoms with Gasteiger partial charge < -0.3 is 5.32 Å². The summed E-state index contributed by atoms with van der Waals surface area (Å²) < 4.78 is 0. The predicted octanol–water partition coefficient (Wildman–Crippen LogP) is 1.05. The summed E-state index contributed by atoms with van der Waals surface area (Å²) in [6.07, 6.45) is 7.56. The lowest BCUT2D eigenvalue weighted by atomic mass is 10.1. The molecule has 2 fully saturated rings. The lowest BCUT2D eigenvalue weighted by Gasteiger charge is -2.15. The van der Waals surface area contributed by atoms with Crippen molar-refractivity contribution in [3.8, 4) is 0 Å². The van der Waals surface area contributed by atoms with E-state index in [-0.39, 0.29) is 0 Å². The minimum Gasteiger partial charge on any atom is -0.314 e. The molecule has 4 nitrogen and oxygen atoms in total. The predicted molar refractivity (Wildman–Crippen MR) is 66.4 cm³/mol. The fourth-order valence-corrected chi connectivity index (χ4v) is 2.48. The summed E-state index contributed by atoms with van der Waals surface area (Å²) in [5.74, 6) is 0.831. The summed E-state index contributed by atoms with van der Waals surface area (Å²) >= 11 is 0. The zero-order valence-electron chi connectivity index (χ0n) is 10.2. The van der Waals surface area contributed by atoms with Crippen molar-refractivity contribution in [2.45, 2.75) is 31.8 Å². The third kappa shape index (κ3) is 3.23. The van der Waals surface area contributed by atoms with E-state index in [1.807, 2.05) is 12.3 Å². The van der Waals surface area contributed by atoms with Gasteiger partial charge in [0.2, 0.25) is 0 Å². The second-order valence-corrected chi connectivity index (χ2v) is 5.27. The molecule has 17 heavy (non-hydrogen) atoms. The normalized spacial score (nSPS) is 25.3. The van der Waals surface area contributed by atoms with E-state index >= 15 is 0 Å². The molecule has 1 aromatic heterocycles. The Morgan fingerprint density at radius 3 is 3.06 bits per heavy atom. The van der Waals surface area contributed by atoms with Crippen molar-refractivity contribution in [3.63, 3.8) is 0 Å². The summed E-state index contributed by atoms with van der Waals surface area (Å²) in [4.78, 5) is 10.7. The first-order chi connectivity index (χ1) is 8.40. The molecule has 4 heteroatoms. The van der Waals surface area contributed by atoms with Gasteiger partial charge in [-0.25, -0.2) is 9.97 Å². The van der Waals surface area contributed by atoms with Gasteiger partial charge in [0, 0.05) is 25.3 Å². The Kier molecular flexibility index (Phi) is 3.34. The molecule has 1 unspecified atom stereocenters. The molecule has 92 valence electrons. The summed E-state index contributed by atoms with van der Waals surface area (Å²) in [6, 6.07) is 2.85. The molecule has 2 heterocycles. The Hall–Kier alpha value is -1.00. The summed E-state index contributed by atoms with van der Waals surface area (Å²) in [7, 11) is 0. The van der Waals surface area contributed by atoms with Crippen molar-refractivity contribution in [1.82, 2.24) is 20.2 Å². The molecular weight excluding hydrogens is 212 g/mol. The van der Waals surface area contributed by atoms with Crippen molar-refractivity contribution in [2.75, 3.05) is 19.6 Å². The molecule has 0 amide bonds. The maximum absolute atomic E-state index is 4.28. The molecule has 1 aliphatic heterocycles. The van der Waals surface area contributed by atoms with Crippen LogP contribution in [0, 0.1) is 5.92 Å². The second kappa shape index (κ2) is 5.10. The quantitative estimate of drug-likeness (QED) is 0.824. The number of aromatic nitrogens is 2. The maximum Gasteiger partial charge on any atom is 0.115 e. The van der Waals surface area contributed by atoms with E-state index < -0.39 is 0 Å². The molecule has 0 aromatic carbocycles. The number of rotatable bonds is 5. The van der Waals surface area contributed by atoms with Crippen molar-refractivity contribution in [3.05, 3.63) is 24.3 Å². The topological polar surface area (TPSA) is 41.0 Å². The number of nitrogens with one attached hydrogen (secondary N) is 1. The number of nitrogens with zero attached hydrogens (tertiary/aromatic N) is 3. The van der Waals surface area contributed by atoms with Crippen molar-refractivity contribution < 1.29 is 0 Å². The lowest BCUT2D eigenvalue weighted by molar-refractivity contribution is 0.310. The van der Waals surface area contributed by atoms with Gasteiger partial charge in [-0.05, 0) is 44.3 Å². The molecule has 1 aliphatic carbocycles. The molecule has 2 aliphatic rings. The van der Waals surface area contributed by atoms with E-state index in [9.17, 15) is 0 Å². The number of likely N-dealkylation sites (tertiary alicyclic amines) is 1. The van der Waals surface area contributed by atoms with E-state index in [2.05, 4.69) is 20.2 Å². The largest absolute Gasteiger partial charge is 0.314 e. The average molecular weight is 232 g/mol. The highest BCUT2D eigenvalue weighted by molar-refractivity contribution is 4.98. The third-order valence-corrected chi connectivity index (χ3v) is 3.67. The highest BCUT2D eigenvalue weighted by Crippen LogP contribution is 2.21. The van der Waals surface area contributed by atoms with E-state index in [4.69, 9.17) is 0 Å². The monoisotopic (exact) mass is 232 g/mol. The Morgan fingerprint density at radius 2 is 2.29 bits per heavy atom. The van der Waals surface area contributed by atoms with E-state index in [1.165, 1.54) is 38.9 Å². The molecule has 1 saturated carbocycles. The second-order valence-electron chi connectivity index (χ2n) is 5.27. The van der Waals surface area contributed by atoms with Gasteiger partial charge >= 0.3 is 0 Å². The Labute approximate surface area is 102 Å². The van der Waals surface area contributed by atoms with Crippen LogP contribution >= 0.6 is 0 Å². The minimum atomic E-state index is 0.831. The van der Waals surface area contributed by atoms with Crippen molar-refractivity contribution in [2.24, 2.45) is 5.92 Å². The first kappa shape index (κ1) is 11.1. The number of hydrogen-bond donors (Lipinski definition) is 1. The van der Waals surface area contributed by atoms with Crippen LogP contribution in [0.2, 0.25) is 0 Å². The zero-order valence-corrected chi connectivity index (χ0v) is 10.2. The molecule has 0 radical (unpaired) electrons. The molecular formula is C13H20N4. The fraction of sp³-hybridized carbons (Fsp3) is 0.692. The highest BCUT2D eigenvalue weighted by Gasteiger charge is 2.26. The van der Waals surface area contributed by atoms with Crippen molar-refractivity contribution >= 4 is 0 Å². The standard InChI is InChI=1S/C13H20N4/c1-2-12(1)15-7-11-4-6-17(8-11)9-13-3-5-14-10-16-13/h3,5,10-12,15H,1-2,4,6-9H2. The summed E-state index contributed by atoms with van der Waals surface area (Å²) in [6.45, 7) is 4.60. The average Bonchev–Trinajstić information content (AvgIpc) is 3.09. The maximum atomic E-state index is 4.28. The zero-order chi connectivity index (χ0) is 11.5. The molecule has 1 atom stereocenters. The van der Waals surface area contributed by atoms with Gasteiger partial charge in [-0.2, -0.15) is 0 Å². The van der Waals surface area contributed by atoms with Gasteiger partial charge in [-0.1, -0.05) is 0 Å². The molecule has 1 N–H and O–H groups in total. The minimum absolute atomic E-state index is 0.831. The van der Waals surface area contributed by atoms with Crippen LogP contribution in [-0.4, -0.2) is 40.5 Å². The van der Waals surface area contributed by atoms with Crippen LogP contribution in [0.25, 0.3) is 0 Å². The van der Waals surface area contributed by atoms with E-state index in [1.54, 1.807) is 6.33 Å². The smallest absolute Gasteiger partial charge is 0.115 e. The van der Waals surface area contributed by atoms with Gasteiger partial charge in [0.1, 0.15) is 6.33 Å². The van der Waals surface area contributed by atoms with Crippen LogP contribution < -0.4 is 5.32 Å². The fourth-order valence-electron chi connectivity index (χ4n) is 2.48. The van der Waals surface area contributed by atoms with Crippen LogP contribution in [-0.2, 0) is 6.54 Å². The lowest BCUT2D eigenvalue weighted by Crippen LogP contribution is -2.27. The first-order valence-corrected chi connectivity index (χ1v) is 6.61. The van der Waals surface area contributed by atoms with Gasteiger partial charge in [0.15, 0.2) is 0 Å². The Balaban J connectivity index is 1.43. The van der Waals surface area contributed by atoms with Crippen LogP contribution in [0.4, 0.5) is 0 Å². The van der Waals surface area contributed by atoms with E-state index in [0.29, 0.717) is 0 Å². The molecule has 0 spiro atoms. The Bertz CT molecular complexity index is 350. The van der Waals surface area contributed by atoms with E-state index in [0.717, 1.165) is 24.2 Å². The first-order valence-electron chi connectivity index (χ1n) is 6.61. The molecule has 0 bridgehead atoms. The van der Waals surface area contributed by atoms with Crippen molar-refractivity contribution in [1.29, 1.82) is 0 Å². The summed E-state index contributed by atoms with van der Waals surface area (Å²) in [5.41, 5.74) is 1.14. The van der Waals surface area contributed by atoms with Crippen LogP contribution in [0.15, 0.2) is 18.6 Å². The van der Waals surface area contributed by atoms with Crippen LogP contribution in [0.1, 0.15) is 25.0 Å². The summed E-state index contributed by atoms with van der Waals surface area (Å²) in [5, 5.41) is 3.63. The number of hydrogen-bond acceptors (Lipinski definition) is 4. The van der Waals surface area contributed by atoms with Gasteiger partial charge in [-0.3, -0.25) is 4.90 Å². The van der Waals surface area contributed by atoms with Gasteiger partial charge in [0.25, 0.3) is 0 Å². The van der Waals surface area contributed by atoms with Crippen LogP contribution in [0.5, 0.6) is 0 Å². The van der Waals surface area contributed by atoms with Gasteiger partial charge in [0.05, 0.1) is 5.69 Å². The molecule has 1 saturated heterocycles. The highest BCUT2D eigenvalue weighted by atomic mass is 15.2. The third-order valence-electron chi connectivity index (χ3n) is 3.67. The van der Waals surface area contributed by atoms with Gasteiger partial charge in [-0.15, -0.1) is 0 Å².